The summed E-state index contributed by atoms with van der Waals surface area (Å²) in [5, 5.41) is 2.75. The van der Waals surface area contributed by atoms with Gasteiger partial charge in [0.15, 0.2) is 0 Å². The van der Waals surface area contributed by atoms with Crippen LogP contribution in [-0.2, 0) is 15.8 Å². The van der Waals surface area contributed by atoms with Crippen LogP contribution in [0, 0.1) is 0 Å². The number of methoxy groups -OCH3 is 1. The Morgan fingerprint density at radius 2 is 1.64 bits per heavy atom. The van der Waals surface area contributed by atoms with Crippen molar-refractivity contribution in [3.8, 4) is 11.5 Å². The van der Waals surface area contributed by atoms with Crippen molar-refractivity contribution in [1.29, 1.82) is 0 Å². The van der Waals surface area contributed by atoms with Crippen molar-refractivity contribution in [2.24, 2.45) is 0 Å². The number of carbonyl (C=O) groups is 1. The predicted octanol–water partition coefficient (Wildman–Crippen LogP) is 5.01. The summed E-state index contributed by atoms with van der Waals surface area (Å²) in [5.41, 5.74) is 2.31. The molecule has 0 unspecified atom stereocenters. The first-order valence-corrected chi connectivity index (χ1v) is 13.1. The largest absolute Gasteiger partial charge is 0.495 e. The van der Waals surface area contributed by atoms with Crippen molar-refractivity contribution in [3.05, 3.63) is 77.9 Å². The van der Waals surface area contributed by atoms with Gasteiger partial charge in [0.2, 0.25) is 0 Å². The number of nitrogens with one attached hydrogen (secondary N) is 2. The van der Waals surface area contributed by atoms with Gasteiger partial charge in [0.1, 0.15) is 16.4 Å². The number of hydrogen-bond donors (Lipinski definition) is 2. The Bertz CT molecular complexity index is 1190. The monoisotopic (exact) mass is 486 g/mol. The molecule has 0 aromatic heterocycles. The smallest absolute Gasteiger partial charge is 0.265 e. The predicted molar refractivity (Wildman–Crippen MR) is 133 cm³/mol. The zero-order valence-electron chi connectivity index (χ0n) is 18.6. The van der Waals surface area contributed by atoms with Crippen molar-refractivity contribution >= 4 is 39.1 Å². The van der Waals surface area contributed by atoms with Crippen LogP contribution in [0.1, 0.15) is 22.8 Å². The molecular formula is C24H26N2O5S2. The van der Waals surface area contributed by atoms with Gasteiger partial charge >= 0.3 is 0 Å². The second-order valence-corrected chi connectivity index (χ2v) is 9.53. The maximum atomic E-state index is 13.1. The number of amides is 1. The van der Waals surface area contributed by atoms with Crippen LogP contribution in [0.25, 0.3) is 0 Å². The Balaban J connectivity index is 1.81. The first kappa shape index (κ1) is 24.5. The van der Waals surface area contributed by atoms with Crippen LogP contribution in [0.5, 0.6) is 11.5 Å². The zero-order chi connectivity index (χ0) is 23.8. The van der Waals surface area contributed by atoms with Crippen LogP contribution >= 0.6 is 11.8 Å². The van der Waals surface area contributed by atoms with Gasteiger partial charge in [0, 0.05) is 22.7 Å². The molecule has 0 heterocycles. The van der Waals surface area contributed by atoms with E-state index in [9.17, 15) is 13.2 Å². The molecule has 0 fully saturated rings. The maximum absolute atomic E-state index is 13.1. The molecule has 3 aromatic carbocycles. The second-order valence-electron chi connectivity index (χ2n) is 7.01. The van der Waals surface area contributed by atoms with Crippen LogP contribution in [-0.4, -0.2) is 34.3 Å². The molecule has 7 nitrogen and oxygen atoms in total. The van der Waals surface area contributed by atoms with Gasteiger partial charge in [-0.15, -0.1) is 0 Å². The first-order chi connectivity index (χ1) is 15.9. The van der Waals surface area contributed by atoms with E-state index in [1.165, 1.54) is 19.2 Å². The van der Waals surface area contributed by atoms with Gasteiger partial charge in [-0.25, -0.2) is 8.42 Å². The quantitative estimate of drug-likeness (QED) is 0.418. The normalized spacial score (nSPS) is 11.0. The number of benzene rings is 3. The van der Waals surface area contributed by atoms with Crippen molar-refractivity contribution in [2.45, 2.75) is 17.6 Å². The summed E-state index contributed by atoms with van der Waals surface area (Å²) in [7, 11) is -2.60. The highest BCUT2D eigenvalue weighted by atomic mass is 32.2. The van der Waals surface area contributed by atoms with E-state index in [-0.39, 0.29) is 16.6 Å². The van der Waals surface area contributed by atoms with Gasteiger partial charge in [0.05, 0.1) is 13.7 Å². The number of rotatable bonds is 10. The Hall–Kier alpha value is -3.17. The molecule has 33 heavy (non-hydrogen) atoms. The Labute approximate surface area is 198 Å². The van der Waals surface area contributed by atoms with E-state index >= 15 is 0 Å². The highest BCUT2D eigenvalue weighted by Crippen LogP contribution is 2.29. The Morgan fingerprint density at radius 1 is 0.970 bits per heavy atom. The highest BCUT2D eigenvalue weighted by Gasteiger charge is 2.21. The maximum Gasteiger partial charge on any atom is 0.265 e. The van der Waals surface area contributed by atoms with E-state index in [1.807, 2.05) is 25.3 Å². The fraction of sp³-hybridized carbons (Fsp3) is 0.208. The molecule has 3 aromatic rings. The molecule has 0 saturated carbocycles. The number of carbonyl (C=O) groups excluding carboxylic acids is 1. The fourth-order valence-electron chi connectivity index (χ4n) is 3.08. The second kappa shape index (κ2) is 11.1. The highest BCUT2D eigenvalue weighted by molar-refractivity contribution is 7.97. The minimum absolute atomic E-state index is 0.0907. The van der Waals surface area contributed by atoms with E-state index in [2.05, 4.69) is 10.0 Å². The van der Waals surface area contributed by atoms with E-state index in [1.54, 1.807) is 54.2 Å². The molecule has 0 spiro atoms. The summed E-state index contributed by atoms with van der Waals surface area (Å²) in [6.07, 6.45) is 2.01. The molecule has 174 valence electrons. The third kappa shape index (κ3) is 6.43. The molecule has 2 N–H and O–H groups in total. The summed E-state index contributed by atoms with van der Waals surface area (Å²) in [5.74, 6) is 1.33. The molecule has 0 bridgehead atoms. The van der Waals surface area contributed by atoms with Crippen molar-refractivity contribution in [2.75, 3.05) is 30.0 Å². The summed E-state index contributed by atoms with van der Waals surface area (Å²) >= 11 is 1.70. The first-order valence-electron chi connectivity index (χ1n) is 10.2. The molecule has 3 rings (SSSR count). The molecule has 0 atom stereocenters. The number of anilines is 2. The van der Waals surface area contributed by atoms with Crippen LogP contribution in [0.4, 0.5) is 11.4 Å². The lowest BCUT2D eigenvalue weighted by atomic mass is 10.1. The summed E-state index contributed by atoms with van der Waals surface area (Å²) < 4.78 is 39.3. The molecule has 0 aliphatic rings. The van der Waals surface area contributed by atoms with Crippen molar-refractivity contribution in [3.63, 3.8) is 0 Å². The van der Waals surface area contributed by atoms with Gasteiger partial charge in [0.25, 0.3) is 15.9 Å². The number of hydrogen-bond acceptors (Lipinski definition) is 6. The molecule has 0 aliphatic carbocycles. The fourth-order valence-corrected chi connectivity index (χ4v) is 4.86. The van der Waals surface area contributed by atoms with Gasteiger partial charge in [-0.2, -0.15) is 11.8 Å². The lowest BCUT2D eigenvalue weighted by Crippen LogP contribution is -2.16. The third-order valence-electron chi connectivity index (χ3n) is 4.66. The number of ether oxygens (including phenoxy) is 2. The number of thioether (sulfide) groups is 1. The molecule has 0 saturated heterocycles. The van der Waals surface area contributed by atoms with E-state index in [0.29, 0.717) is 29.3 Å². The topological polar surface area (TPSA) is 93.7 Å². The Kier molecular flexibility index (Phi) is 8.24. The van der Waals surface area contributed by atoms with Crippen LogP contribution in [0.3, 0.4) is 0 Å². The molecule has 9 heteroatoms. The van der Waals surface area contributed by atoms with Gasteiger partial charge in [-0.3, -0.25) is 9.52 Å². The van der Waals surface area contributed by atoms with E-state index in [0.717, 1.165) is 11.3 Å². The average Bonchev–Trinajstić information content (AvgIpc) is 2.81. The minimum Gasteiger partial charge on any atom is -0.495 e. The van der Waals surface area contributed by atoms with Crippen LogP contribution in [0.2, 0.25) is 0 Å². The van der Waals surface area contributed by atoms with Gasteiger partial charge in [-0.05, 0) is 73.3 Å². The molecule has 0 radical (unpaired) electrons. The SMILES string of the molecule is CCOc1ccc(NS(=O)(=O)c2cc(NC(=O)c3ccc(CSC)cc3)ccc2OC)cc1. The standard InChI is InChI=1S/C24H26N2O5S2/c1-4-31-21-12-9-19(10-13-21)26-33(28,29)23-15-20(11-14-22(23)30-2)25-24(27)18-7-5-17(6-8-18)16-32-3/h5-15,26H,4,16H2,1-3H3,(H,25,27). The zero-order valence-corrected chi connectivity index (χ0v) is 20.3. The van der Waals surface area contributed by atoms with Crippen LogP contribution < -0.4 is 19.5 Å². The summed E-state index contributed by atoms with van der Waals surface area (Å²) in [6.45, 7) is 2.39. The lowest BCUT2D eigenvalue weighted by molar-refractivity contribution is 0.102. The van der Waals surface area contributed by atoms with Gasteiger partial charge < -0.3 is 14.8 Å². The Morgan fingerprint density at radius 3 is 2.24 bits per heavy atom. The molecular weight excluding hydrogens is 460 g/mol. The molecule has 0 aliphatic heterocycles. The minimum atomic E-state index is -3.99. The van der Waals surface area contributed by atoms with Crippen molar-refractivity contribution < 1.29 is 22.7 Å². The average molecular weight is 487 g/mol. The van der Waals surface area contributed by atoms with Crippen LogP contribution in [0.15, 0.2) is 71.6 Å². The summed E-state index contributed by atoms with van der Waals surface area (Å²) in [4.78, 5) is 12.6. The number of sulfonamides is 1. The molecule has 1 amide bonds. The van der Waals surface area contributed by atoms with E-state index < -0.39 is 10.0 Å². The lowest BCUT2D eigenvalue weighted by Gasteiger charge is -2.14. The van der Waals surface area contributed by atoms with Crippen molar-refractivity contribution in [1.82, 2.24) is 0 Å². The van der Waals surface area contributed by atoms with Gasteiger partial charge in [-0.1, -0.05) is 12.1 Å². The third-order valence-corrected chi connectivity index (χ3v) is 6.68. The van der Waals surface area contributed by atoms with E-state index in [4.69, 9.17) is 9.47 Å². The summed E-state index contributed by atoms with van der Waals surface area (Å²) in [6, 6.07) is 18.3.